The molecule has 0 atom stereocenters. The first kappa shape index (κ1) is 12.9. The molecule has 0 aromatic carbocycles. The standard InChI is InChI=1S/C16H30N2/c1-15(2)13-18(11-8-14-6-7-14)16(12-17-15)9-4-3-5-10-16/h14,17H,3-13H2,1-2H3. The molecule has 2 aliphatic carbocycles. The number of hydrogen-bond donors (Lipinski definition) is 1. The number of rotatable bonds is 3. The summed E-state index contributed by atoms with van der Waals surface area (Å²) in [5.74, 6) is 1.07. The van der Waals surface area contributed by atoms with E-state index in [0.717, 1.165) is 5.92 Å². The molecule has 3 fully saturated rings. The van der Waals surface area contributed by atoms with E-state index >= 15 is 0 Å². The topological polar surface area (TPSA) is 15.3 Å². The summed E-state index contributed by atoms with van der Waals surface area (Å²) in [5, 5.41) is 3.81. The smallest absolute Gasteiger partial charge is 0.0334 e. The molecule has 3 rings (SSSR count). The van der Waals surface area contributed by atoms with Gasteiger partial charge in [0, 0.05) is 24.2 Å². The summed E-state index contributed by atoms with van der Waals surface area (Å²) in [6.45, 7) is 8.57. The second-order valence-corrected chi connectivity index (χ2v) is 7.68. The van der Waals surface area contributed by atoms with Gasteiger partial charge in [0.2, 0.25) is 0 Å². The molecule has 0 unspecified atom stereocenters. The van der Waals surface area contributed by atoms with Crippen molar-refractivity contribution in [3.8, 4) is 0 Å². The molecule has 0 radical (unpaired) electrons. The van der Waals surface area contributed by atoms with Crippen LogP contribution in [-0.2, 0) is 0 Å². The van der Waals surface area contributed by atoms with E-state index in [4.69, 9.17) is 0 Å². The van der Waals surface area contributed by atoms with Gasteiger partial charge in [0.15, 0.2) is 0 Å². The van der Waals surface area contributed by atoms with Crippen molar-refractivity contribution in [1.82, 2.24) is 10.2 Å². The van der Waals surface area contributed by atoms with Crippen LogP contribution in [0.1, 0.15) is 65.2 Å². The summed E-state index contributed by atoms with van der Waals surface area (Å²) in [5.41, 5.74) is 0.828. The van der Waals surface area contributed by atoms with E-state index in [2.05, 4.69) is 24.1 Å². The van der Waals surface area contributed by atoms with Crippen LogP contribution in [0.5, 0.6) is 0 Å². The summed E-state index contributed by atoms with van der Waals surface area (Å²) in [6, 6.07) is 0. The van der Waals surface area contributed by atoms with Gasteiger partial charge in [-0.2, -0.15) is 0 Å². The van der Waals surface area contributed by atoms with Crippen LogP contribution < -0.4 is 5.32 Å². The van der Waals surface area contributed by atoms with E-state index in [1.165, 1.54) is 71.0 Å². The zero-order chi connectivity index (χ0) is 12.6. The molecule has 2 nitrogen and oxygen atoms in total. The highest BCUT2D eigenvalue weighted by Crippen LogP contribution is 2.39. The minimum absolute atomic E-state index is 0.312. The quantitative estimate of drug-likeness (QED) is 0.827. The van der Waals surface area contributed by atoms with Gasteiger partial charge in [-0.15, -0.1) is 0 Å². The lowest BCUT2D eigenvalue weighted by Crippen LogP contribution is -2.68. The average Bonchev–Trinajstić information content (AvgIpc) is 3.16. The van der Waals surface area contributed by atoms with Crippen molar-refractivity contribution in [3.05, 3.63) is 0 Å². The van der Waals surface area contributed by atoms with Crippen LogP contribution in [0.2, 0.25) is 0 Å². The predicted molar refractivity (Wildman–Crippen MR) is 76.8 cm³/mol. The number of hydrogen-bond acceptors (Lipinski definition) is 2. The Kier molecular flexibility index (Phi) is 3.44. The van der Waals surface area contributed by atoms with Crippen molar-refractivity contribution in [1.29, 1.82) is 0 Å². The Balaban J connectivity index is 1.68. The van der Waals surface area contributed by atoms with Crippen molar-refractivity contribution in [2.75, 3.05) is 19.6 Å². The van der Waals surface area contributed by atoms with Crippen LogP contribution >= 0.6 is 0 Å². The Morgan fingerprint density at radius 2 is 1.83 bits per heavy atom. The van der Waals surface area contributed by atoms with Crippen molar-refractivity contribution in [3.63, 3.8) is 0 Å². The molecule has 104 valence electrons. The summed E-state index contributed by atoms with van der Waals surface area (Å²) in [6.07, 6.45) is 11.7. The van der Waals surface area contributed by atoms with Gasteiger partial charge in [0.25, 0.3) is 0 Å². The Morgan fingerprint density at radius 3 is 2.50 bits per heavy atom. The van der Waals surface area contributed by atoms with Gasteiger partial charge in [0.05, 0.1) is 0 Å². The van der Waals surface area contributed by atoms with Crippen molar-refractivity contribution in [2.24, 2.45) is 5.92 Å². The van der Waals surface area contributed by atoms with E-state index in [9.17, 15) is 0 Å². The van der Waals surface area contributed by atoms with E-state index in [1.54, 1.807) is 0 Å². The summed E-state index contributed by atoms with van der Waals surface area (Å²) >= 11 is 0. The number of nitrogens with zero attached hydrogens (tertiary/aromatic N) is 1. The molecule has 18 heavy (non-hydrogen) atoms. The van der Waals surface area contributed by atoms with Crippen LogP contribution in [0.4, 0.5) is 0 Å². The molecule has 0 aromatic heterocycles. The van der Waals surface area contributed by atoms with E-state index in [0.29, 0.717) is 11.1 Å². The Hall–Kier alpha value is -0.0800. The molecule has 1 saturated heterocycles. The maximum absolute atomic E-state index is 3.81. The second-order valence-electron chi connectivity index (χ2n) is 7.68. The largest absolute Gasteiger partial charge is 0.309 e. The molecular weight excluding hydrogens is 220 g/mol. The molecule has 1 heterocycles. The van der Waals surface area contributed by atoms with Gasteiger partial charge in [-0.1, -0.05) is 32.1 Å². The maximum Gasteiger partial charge on any atom is 0.0334 e. The fourth-order valence-electron chi connectivity index (χ4n) is 3.98. The van der Waals surface area contributed by atoms with Crippen molar-refractivity contribution < 1.29 is 0 Å². The van der Waals surface area contributed by atoms with Gasteiger partial charge in [-0.05, 0) is 45.6 Å². The molecule has 2 saturated carbocycles. The highest BCUT2D eigenvalue weighted by atomic mass is 15.3. The highest BCUT2D eigenvalue weighted by molar-refractivity contribution is 5.03. The molecule has 0 bridgehead atoms. The summed E-state index contributed by atoms with van der Waals surface area (Å²) < 4.78 is 0. The molecule has 3 aliphatic rings. The third-order valence-corrected chi connectivity index (χ3v) is 5.44. The van der Waals surface area contributed by atoms with Crippen LogP contribution in [0.15, 0.2) is 0 Å². The minimum Gasteiger partial charge on any atom is -0.309 e. The average molecular weight is 250 g/mol. The van der Waals surface area contributed by atoms with Gasteiger partial charge in [-0.25, -0.2) is 0 Å². The Morgan fingerprint density at radius 1 is 1.11 bits per heavy atom. The third-order valence-electron chi connectivity index (χ3n) is 5.44. The Bertz CT molecular complexity index is 287. The van der Waals surface area contributed by atoms with Crippen molar-refractivity contribution in [2.45, 2.75) is 76.3 Å². The lowest BCUT2D eigenvalue weighted by Gasteiger charge is -2.54. The third kappa shape index (κ3) is 2.75. The number of piperazine rings is 1. The van der Waals surface area contributed by atoms with Crippen LogP contribution in [0.25, 0.3) is 0 Å². The molecular formula is C16H30N2. The summed E-state index contributed by atoms with van der Waals surface area (Å²) in [4.78, 5) is 2.88. The molecule has 1 spiro atoms. The van der Waals surface area contributed by atoms with E-state index < -0.39 is 0 Å². The fraction of sp³-hybridized carbons (Fsp3) is 1.00. The lowest BCUT2D eigenvalue weighted by atomic mass is 9.77. The normalized spacial score (nSPS) is 31.7. The fourth-order valence-corrected chi connectivity index (χ4v) is 3.98. The molecule has 0 amide bonds. The molecule has 2 heteroatoms. The predicted octanol–water partition coefficient (Wildman–Crippen LogP) is 3.17. The van der Waals surface area contributed by atoms with E-state index in [-0.39, 0.29) is 0 Å². The first-order chi connectivity index (χ1) is 8.60. The van der Waals surface area contributed by atoms with Gasteiger partial charge >= 0.3 is 0 Å². The zero-order valence-electron chi connectivity index (χ0n) is 12.3. The monoisotopic (exact) mass is 250 g/mol. The first-order valence-corrected chi connectivity index (χ1v) is 8.10. The van der Waals surface area contributed by atoms with Gasteiger partial charge in [-0.3, -0.25) is 4.90 Å². The van der Waals surface area contributed by atoms with Crippen LogP contribution in [0, 0.1) is 5.92 Å². The van der Waals surface area contributed by atoms with Crippen molar-refractivity contribution >= 4 is 0 Å². The minimum atomic E-state index is 0.312. The van der Waals surface area contributed by atoms with E-state index in [1.807, 2.05) is 0 Å². The molecule has 1 N–H and O–H groups in total. The molecule has 1 aliphatic heterocycles. The Labute approximate surface area is 113 Å². The highest BCUT2D eigenvalue weighted by Gasteiger charge is 2.44. The SMILES string of the molecule is CC1(C)CN(CCC2CC2)C2(CCCCC2)CN1. The lowest BCUT2D eigenvalue weighted by molar-refractivity contribution is -0.0114. The van der Waals surface area contributed by atoms with Gasteiger partial charge in [0.1, 0.15) is 0 Å². The zero-order valence-corrected chi connectivity index (χ0v) is 12.3. The first-order valence-electron chi connectivity index (χ1n) is 8.10. The molecule has 0 aromatic rings. The van der Waals surface area contributed by atoms with Crippen LogP contribution in [-0.4, -0.2) is 35.6 Å². The van der Waals surface area contributed by atoms with Gasteiger partial charge < -0.3 is 5.32 Å². The van der Waals surface area contributed by atoms with Crippen LogP contribution in [0.3, 0.4) is 0 Å². The number of nitrogens with one attached hydrogen (secondary N) is 1. The maximum atomic E-state index is 3.81. The second kappa shape index (κ2) is 4.79. The summed E-state index contributed by atoms with van der Waals surface area (Å²) in [7, 11) is 0.